The molecule has 0 amide bonds. The van der Waals surface area contributed by atoms with Crippen LogP contribution >= 0.6 is 23.8 Å². The van der Waals surface area contributed by atoms with Crippen LogP contribution in [0.15, 0.2) is 39.5 Å². The summed E-state index contributed by atoms with van der Waals surface area (Å²) >= 11 is 10.3. The number of fused-ring (bicyclic) bond motifs is 1. The van der Waals surface area contributed by atoms with Gasteiger partial charge in [0.2, 0.25) is 0 Å². The Morgan fingerprint density at radius 3 is 2.79 bits per heavy atom. The highest BCUT2D eigenvalue weighted by atomic mass is 35.5. The van der Waals surface area contributed by atoms with Crippen LogP contribution in [-0.2, 0) is 0 Å². The fourth-order valence-electron chi connectivity index (χ4n) is 1.20. The third kappa shape index (κ3) is 1.56. The summed E-state index contributed by atoms with van der Waals surface area (Å²) in [4.78, 5) is 11.3. The van der Waals surface area contributed by atoms with Gasteiger partial charge < -0.3 is 4.42 Å². The van der Waals surface area contributed by atoms with Crippen molar-refractivity contribution in [2.45, 2.75) is 0 Å². The maximum Gasteiger partial charge on any atom is 0.345 e. The number of rotatable bonds is 1. The van der Waals surface area contributed by atoms with Crippen LogP contribution in [0.4, 0.5) is 0 Å². The van der Waals surface area contributed by atoms with Crippen molar-refractivity contribution in [1.82, 2.24) is 0 Å². The Labute approximate surface area is 90.1 Å². The largest absolute Gasteiger partial charge is 0.422 e. The lowest BCUT2D eigenvalue weighted by Gasteiger charge is -1.97. The van der Waals surface area contributed by atoms with E-state index in [0.717, 1.165) is 5.39 Å². The molecule has 70 valence electrons. The monoisotopic (exact) mass is 224 g/mol. The minimum Gasteiger partial charge on any atom is -0.422 e. The molecule has 0 aliphatic heterocycles. The molecule has 0 N–H and O–H groups in total. The highest BCUT2D eigenvalue weighted by Crippen LogP contribution is 2.13. The summed E-state index contributed by atoms with van der Waals surface area (Å²) in [5.74, 6) is 0. The van der Waals surface area contributed by atoms with Gasteiger partial charge in [-0.3, -0.25) is 0 Å². The molecule has 0 unspecified atom stereocenters. The van der Waals surface area contributed by atoms with Crippen LogP contribution in [0, 0.1) is 0 Å². The smallest absolute Gasteiger partial charge is 0.345 e. The zero-order chi connectivity index (χ0) is 10.1. The standard InChI is InChI=1S/C10H5ClO2S/c11-9(14)7-5-6-3-1-2-4-8(6)13-10(7)12/h1-5H. The van der Waals surface area contributed by atoms with E-state index in [-0.39, 0.29) is 9.89 Å². The summed E-state index contributed by atoms with van der Waals surface area (Å²) in [5, 5.41) is 0.810. The molecule has 14 heavy (non-hydrogen) atoms. The highest BCUT2D eigenvalue weighted by Gasteiger charge is 2.07. The minimum absolute atomic E-state index is 0.0319. The van der Waals surface area contributed by atoms with E-state index in [0.29, 0.717) is 5.58 Å². The van der Waals surface area contributed by atoms with Gasteiger partial charge in [0, 0.05) is 5.39 Å². The second-order valence-corrected chi connectivity index (χ2v) is 3.77. The Morgan fingerprint density at radius 1 is 1.36 bits per heavy atom. The first-order valence-electron chi connectivity index (χ1n) is 3.91. The summed E-state index contributed by atoms with van der Waals surface area (Å²) in [5.41, 5.74) is 0.276. The Morgan fingerprint density at radius 2 is 2.07 bits per heavy atom. The SMILES string of the molecule is O=c1oc2ccccc2cc1C(=S)Cl. The molecular weight excluding hydrogens is 220 g/mol. The van der Waals surface area contributed by atoms with E-state index in [1.165, 1.54) is 0 Å². The van der Waals surface area contributed by atoms with Gasteiger partial charge in [-0.05, 0) is 12.1 Å². The molecule has 0 bridgehead atoms. The van der Waals surface area contributed by atoms with Gasteiger partial charge in [-0.25, -0.2) is 4.79 Å². The fourth-order valence-corrected chi connectivity index (χ4v) is 1.47. The molecule has 1 aromatic carbocycles. The van der Waals surface area contributed by atoms with Crippen LogP contribution in [-0.4, -0.2) is 4.32 Å². The van der Waals surface area contributed by atoms with E-state index in [1.54, 1.807) is 18.2 Å². The molecule has 1 heterocycles. The number of halogens is 1. The van der Waals surface area contributed by atoms with Crippen LogP contribution in [0.2, 0.25) is 0 Å². The van der Waals surface area contributed by atoms with E-state index in [2.05, 4.69) is 0 Å². The number of thiocarbonyl (C=S) groups is 1. The van der Waals surface area contributed by atoms with E-state index in [1.807, 2.05) is 12.1 Å². The predicted molar refractivity (Wildman–Crippen MR) is 60.0 cm³/mol. The van der Waals surface area contributed by atoms with Gasteiger partial charge in [0.25, 0.3) is 0 Å². The second-order valence-electron chi connectivity index (χ2n) is 2.76. The van der Waals surface area contributed by atoms with Crippen molar-refractivity contribution in [2.75, 3.05) is 0 Å². The molecule has 0 fully saturated rings. The van der Waals surface area contributed by atoms with Crippen molar-refractivity contribution in [1.29, 1.82) is 0 Å². The van der Waals surface area contributed by atoms with Crippen LogP contribution < -0.4 is 5.63 Å². The lowest BCUT2D eigenvalue weighted by Crippen LogP contribution is -2.08. The van der Waals surface area contributed by atoms with Crippen molar-refractivity contribution in [3.63, 3.8) is 0 Å². The molecule has 0 aliphatic carbocycles. The summed E-state index contributed by atoms with van der Waals surface area (Å²) in [7, 11) is 0. The summed E-state index contributed by atoms with van der Waals surface area (Å²) in [6, 6.07) is 8.83. The van der Waals surface area contributed by atoms with Crippen LogP contribution in [0.5, 0.6) is 0 Å². The van der Waals surface area contributed by atoms with Gasteiger partial charge in [0.15, 0.2) is 0 Å². The molecule has 4 heteroatoms. The van der Waals surface area contributed by atoms with Crippen molar-refractivity contribution < 1.29 is 4.42 Å². The summed E-state index contributed by atoms with van der Waals surface area (Å²) in [6.45, 7) is 0. The van der Waals surface area contributed by atoms with Gasteiger partial charge in [0.05, 0.1) is 5.56 Å². The van der Waals surface area contributed by atoms with Crippen molar-refractivity contribution in [3.05, 3.63) is 46.3 Å². The molecule has 2 nitrogen and oxygen atoms in total. The first-order chi connectivity index (χ1) is 6.68. The Hall–Kier alpha value is -1.19. The topological polar surface area (TPSA) is 30.2 Å². The minimum atomic E-state index is -0.497. The zero-order valence-electron chi connectivity index (χ0n) is 6.99. The van der Waals surface area contributed by atoms with Crippen molar-refractivity contribution in [3.8, 4) is 0 Å². The number of para-hydroxylation sites is 1. The molecule has 2 aromatic rings. The van der Waals surface area contributed by atoms with Crippen molar-refractivity contribution >= 4 is 39.1 Å². The Kier molecular flexibility index (Phi) is 2.35. The number of hydrogen-bond donors (Lipinski definition) is 0. The molecule has 2 rings (SSSR count). The van der Waals surface area contributed by atoms with Crippen molar-refractivity contribution in [2.24, 2.45) is 0 Å². The lowest BCUT2D eigenvalue weighted by atomic mass is 10.2. The van der Waals surface area contributed by atoms with E-state index in [4.69, 9.17) is 28.2 Å². The third-order valence-electron chi connectivity index (χ3n) is 1.85. The Balaban J connectivity index is 2.84. The number of benzene rings is 1. The molecule has 0 aliphatic rings. The maximum absolute atomic E-state index is 11.3. The summed E-state index contributed by atoms with van der Waals surface area (Å²) < 4.78 is 5.06. The molecule has 0 saturated carbocycles. The fraction of sp³-hybridized carbons (Fsp3) is 0. The molecule has 0 spiro atoms. The quantitative estimate of drug-likeness (QED) is 0.424. The van der Waals surface area contributed by atoms with E-state index >= 15 is 0 Å². The lowest BCUT2D eigenvalue weighted by molar-refractivity contribution is 0.560. The predicted octanol–water partition coefficient (Wildman–Crippen LogP) is 2.71. The van der Waals surface area contributed by atoms with Gasteiger partial charge in [0.1, 0.15) is 9.91 Å². The normalized spacial score (nSPS) is 10.4. The summed E-state index contributed by atoms with van der Waals surface area (Å²) in [6.07, 6.45) is 0. The maximum atomic E-state index is 11.3. The van der Waals surface area contributed by atoms with Gasteiger partial charge in [-0.2, -0.15) is 0 Å². The first kappa shape index (κ1) is 9.37. The van der Waals surface area contributed by atoms with Crippen LogP contribution in [0.1, 0.15) is 5.56 Å². The van der Waals surface area contributed by atoms with Crippen LogP contribution in [0.25, 0.3) is 11.0 Å². The molecular formula is C10H5ClO2S. The van der Waals surface area contributed by atoms with Crippen LogP contribution in [0.3, 0.4) is 0 Å². The molecule has 1 aromatic heterocycles. The van der Waals surface area contributed by atoms with E-state index in [9.17, 15) is 4.79 Å². The highest BCUT2D eigenvalue weighted by molar-refractivity contribution is 7.83. The molecule has 0 radical (unpaired) electrons. The van der Waals surface area contributed by atoms with Gasteiger partial charge in [-0.15, -0.1) is 0 Å². The van der Waals surface area contributed by atoms with Gasteiger partial charge >= 0.3 is 5.63 Å². The average Bonchev–Trinajstić information content (AvgIpc) is 2.16. The number of hydrogen-bond acceptors (Lipinski definition) is 3. The van der Waals surface area contributed by atoms with E-state index < -0.39 is 5.63 Å². The average molecular weight is 225 g/mol. The first-order valence-corrected chi connectivity index (χ1v) is 4.70. The molecule has 0 saturated heterocycles. The second kappa shape index (κ2) is 3.52. The zero-order valence-corrected chi connectivity index (χ0v) is 8.56. The third-order valence-corrected chi connectivity index (χ3v) is 2.28. The Bertz CT molecular complexity index is 559. The van der Waals surface area contributed by atoms with Gasteiger partial charge in [-0.1, -0.05) is 42.0 Å². The molecule has 0 atom stereocenters.